The second-order valence-electron chi connectivity index (χ2n) is 10.6. The topological polar surface area (TPSA) is 128 Å². The lowest BCUT2D eigenvalue weighted by Crippen LogP contribution is -2.47. The zero-order valence-electron chi connectivity index (χ0n) is 23.4. The van der Waals surface area contributed by atoms with Gasteiger partial charge in [0, 0.05) is 12.6 Å². The molecule has 6 rings (SSSR count). The Kier molecular flexibility index (Phi) is 7.81. The van der Waals surface area contributed by atoms with Crippen LogP contribution in [0.15, 0.2) is 60.7 Å². The van der Waals surface area contributed by atoms with Gasteiger partial charge in [-0.1, -0.05) is 48.7 Å². The molecule has 0 saturated heterocycles. The average Bonchev–Trinajstić information content (AvgIpc) is 3.64. The first-order valence-electron chi connectivity index (χ1n) is 14.1. The van der Waals surface area contributed by atoms with Gasteiger partial charge < -0.3 is 29.5 Å². The SMILES string of the molecule is COc1ccc(C(C(=O)NC2CCCCC2)N(Cc2ccc3c(c2)OCO3)C(=O)Cn2nnc3ccccc32)cc1O. The van der Waals surface area contributed by atoms with Gasteiger partial charge in [-0.2, -0.15) is 0 Å². The van der Waals surface area contributed by atoms with Crippen molar-refractivity contribution in [1.29, 1.82) is 0 Å². The summed E-state index contributed by atoms with van der Waals surface area (Å²) in [7, 11) is 1.46. The Hall–Kier alpha value is -4.80. The van der Waals surface area contributed by atoms with Crippen molar-refractivity contribution in [3.8, 4) is 23.0 Å². The van der Waals surface area contributed by atoms with Gasteiger partial charge >= 0.3 is 0 Å². The molecule has 2 N–H and O–H groups in total. The molecule has 218 valence electrons. The highest BCUT2D eigenvalue weighted by molar-refractivity contribution is 5.89. The maximum Gasteiger partial charge on any atom is 0.247 e. The molecule has 2 heterocycles. The minimum atomic E-state index is -1.04. The highest BCUT2D eigenvalue weighted by Gasteiger charge is 2.34. The van der Waals surface area contributed by atoms with E-state index in [-0.39, 0.29) is 49.2 Å². The number of fused-ring (bicyclic) bond motifs is 2. The number of para-hydroxylation sites is 1. The first-order valence-corrected chi connectivity index (χ1v) is 14.1. The van der Waals surface area contributed by atoms with Gasteiger partial charge in [0.25, 0.3) is 0 Å². The maximum absolute atomic E-state index is 14.2. The van der Waals surface area contributed by atoms with Crippen molar-refractivity contribution in [3.05, 3.63) is 71.8 Å². The fraction of sp³-hybridized carbons (Fsp3) is 0.355. The van der Waals surface area contributed by atoms with Gasteiger partial charge in [0.15, 0.2) is 23.0 Å². The molecule has 3 aromatic carbocycles. The van der Waals surface area contributed by atoms with Crippen LogP contribution in [-0.2, 0) is 22.7 Å². The minimum absolute atomic E-state index is 0.0161. The van der Waals surface area contributed by atoms with Crippen LogP contribution in [0.1, 0.15) is 49.3 Å². The Bertz CT molecular complexity index is 1600. The van der Waals surface area contributed by atoms with E-state index in [0.29, 0.717) is 28.1 Å². The summed E-state index contributed by atoms with van der Waals surface area (Å²) in [5.74, 6) is 0.687. The summed E-state index contributed by atoms with van der Waals surface area (Å²) in [6.07, 6.45) is 4.99. The second kappa shape index (κ2) is 12.0. The average molecular weight is 572 g/mol. The molecule has 2 aliphatic rings. The third-order valence-electron chi connectivity index (χ3n) is 7.85. The molecule has 42 heavy (non-hydrogen) atoms. The van der Waals surface area contributed by atoms with Gasteiger partial charge in [-0.25, -0.2) is 4.68 Å². The molecular formula is C31H33N5O6. The maximum atomic E-state index is 14.2. The van der Waals surface area contributed by atoms with Crippen LogP contribution in [0.3, 0.4) is 0 Å². The number of nitrogens with one attached hydrogen (secondary N) is 1. The predicted octanol–water partition coefficient (Wildman–Crippen LogP) is 4.09. The molecule has 4 aromatic rings. The summed E-state index contributed by atoms with van der Waals surface area (Å²) < 4.78 is 17.8. The molecule has 11 nitrogen and oxygen atoms in total. The van der Waals surface area contributed by atoms with E-state index in [1.54, 1.807) is 18.2 Å². The quantitative estimate of drug-likeness (QED) is 0.308. The Balaban J connectivity index is 1.39. The predicted molar refractivity (Wildman–Crippen MR) is 153 cm³/mol. The van der Waals surface area contributed by atoms with Crippen LogP contribution in [-0.4, -0.2) is 56.8 Å². The van der Waals surface area contributed by atoms with Crippen molar-refractivity contribution in [3.63, 3.8) is 0 Å². The highest BCUT2D eigenvalue weighted by Crippen LogP contribution is 2.36. The fourth-order valence-corrected chi connectivity index (χ4v) is 5.69. The van der Waals surface area contributed by atoms with Crippen LogP contribution in [0.25, 0.3) is 11.0 Å². The summed E-state index contributed by atoms with van der Waals surface area (Å²) in [6.45, 7) is 0.0798. The van der Waals surface area contributed by atoms with Crippen molar-refractivity contribution in [1.82, 2.24) is 25.2 Å². The number of phenolic OH excluding ortho intramolecular Hbond substituents is 1. The van der Waals surface area contributed by atoms with Crippen molar-refractivity contribution in [2.75, 3.05) is 13.9 Å². The van der Waals surface area contributed by atoms with Gasteiger partial charge in [-0.15, -0.1) is 5.10 Å². The van der Waals surface area contributed by atoms with Gasteiger partial charge in [0.2, 0.25) is 18.6 Å². The van der Waals surface area contributed by atoms with E-state index in [1.807, 2.05) is 36.4 Å². The number of methoxy groups -OCH3 is 1. The van der Waals surface area contributed by atoms with Gasteiger partial charge in [0.05, 0.1) is 12.6 Å². The number of aromatic hydroxyl groups is 1. The third-order valence-corrected chi connectivity index (χ3v) is 7.85. The van der Waals surface area contributed by atoms with Gasteiger partial charge in [-0.05, 0) is 60.4 Å². The highest BCUT2D eigenvalue weighted by atomic mass is 16.7. The van der Waals surface area contributed by atoms with Crippen molar-refractivity contribution < 1.29 is 28.9 Å². The standard InChI is InChI=1S/C31H33N5O6/c1-40-26-14-12-21(16-25(26)37)30(31(39)32-22-7-3-2-4-8-22)35(17-20-11-13-27-28(15-20)42-19-41-27)29(38)18-36-24-10-6-5-9-23(24)33-34-36/h5-6,9-16,22,30,37H,2-4,7-8,17-19H2,1H3,(H,32,39). The number of rotatable bonds is 9. The number of amides is 2. The van der Waals surface area contributed by atoms with E-state index < -0.39 is 6.04 Å². The number of nitrogens with zero attached hydrogens (tertiary/aromatic N) is 4. The first kappa shape index (κ1) is 27.4. The normalized spacial score (nSPS) is 15.4. The van der Waals surface area contributed by atoms with E-state index in [0.717, 1.165) is 37.7 Å². The summed E-state index contributed by atoms with van der Waals surface area (Å²) in [6, 6.07) is 16.6. The summed E-state index contributed by atoms with van der Waals surface area (Å²) in [5, 5.41) is 22.3. The zero-order valence-corrected chi connectivity index (χ0v) is 23.4. The second-order valence-corrected chi connectivity index (χ2v) is 10.6. The Morgan fingerprint density at radius 1 is 1.07 bits per heavy atom. The van der Waals surface area contributed by atoms with E-state index in [9.17, 15) is 14.7 Å². The van der Waals surface area contributed by atoms with E-state index in [1.165, 1.54) is 22.8 Å². The van der Waals surface area contributed by atoms with Gasteiger partial charge in [-0.3, -0.25) is 9.59 Å². The molecule has 1 aromatic heterocycles. The molecule has 1 atom stereocenters. The molecule has 0 bridgehead atoms. The summed E-state index contributed by atoms with van der Waals surface area (Å²) in [4.78, 5) is 29.9. The summed E-state index contributed by atoms with van der Waals surface area (Å²) >= 11 is 0. The number of hydrogen-bond acceptors (Lipinski definition) is 8. The Morgan fingerprint density at radius 3 is 2.69 bits per heavy atom. The number of carbonyl (C=O) groups excluding carboxylic acids is 2. The molecule has 1 aliphatic carbocycles. The van der Waals surface area contributed by atoms with E-state index in [2.05, 4.69) is 15.6 Å². The number of benzene rings is 3. The van der Waals surface area contributed by atoms with Crippen molar-refractivity contribution in [2.24, 2.45) is 0 Å². The van der Waals surface area contributed by atoms with Gasteiger partial charge in [0.1, 0.15) is 18.1 Å². The molecule has 1 saturated carbocycles. The molecule has 1 fully saturated rings. The molecule has 11 heteroatoms. The molecule has 1 aliphatic heterocycles. The lowest BCUT2D eigenvalue weighted by atomic mass is 9.94. The lowest BCUT2D eigenvalue weighted by Gasteiger charge is -2.33. The third kappa shape index (κ3) is 5.67. The van der Waals surface area contributed by atoms with E-state index >= 15 is 0 Å². The minimum Gasteiger partial charge on any atom is -0.504 e. The van der Waals surface area contributed by atoms with Crippen LogP contribution in [0.5, 0.6) is 23.0 Å². The monoisotopic (exact) mass is 571 g/mol. The van der Waals surface area contributed by atoms with Crippen LogP contribution >= 0.6 is 0 Å². The van der Waals surface area contributed by atoms with E-state index in [4.69, 9.17) is 14.2 Å². The van der Waals surface area contributed by atoms with Crippen LogP contribution < -0.4 is 19.5 Å². The van der Waals surface area contributed by atoms with Crippen LogP contribution in [0, 0.1) is 0 Å². The first-order chi connectivity index (χ1) is 20.5. The molecule has 2 amide bonds. The van der Waals surface area contributed by atoms with Crippen LogP contribution in [0.4, 0.5) is 0 Å². The number of carbonyl (C=O) groups is 2. The number of ether oxygens (including phenoxy) is 3. The smallest absolute Gasteiger partial charge is 0.247 e. The molecule has 1 unspecified atom stereocenters. The Morgan fingerprint density at radius 2 is 1.88 bits per heavy atom. The number of aromatic nitrogens is 3. The number of phenols is 1. The number of hydrogen-bond donors (Lipinski definition) is 2. The fourth-order valence-electron chi connectivity index (χ4n) is 5.69. The molecule has 0 spiro atoms. The lowest BCUT2D eigenvalue weighted by molar-refractivity contribution is -0.142. The Labute approximate surface area is 243 Å². The van der Waals surface area contributed by atoms with Crippen molar-refractivity contribution >= 4 is 22.8 Å². The van der Waals surface area contributed by atoms with Crippen LogP contribution in [0.2, 0.25) is 0 Å². The largest absolute Gasteiger partial charge is 0.504 e. The molecular weight excluding hydrogens is 538 g/mol. The summed E-state index contributed by atoms with van der Waals surface area (Å²) in [5.41, 5.74) is 2.59. The zero-order chi connectivity index (χ0) is 29.1. The van der Waals surface area contributed by atoms with Crippen molar-refractivity contribution in [2.45, 2.75) is 57.3 Å². The molecule has 0 radical (unpaired) electrons.